The molecule has 7 heteroatoms. The number of nitrogens with zero attached hydrogens (tertiary/aromatic N) is 2. The summed E-state index contributed by atoms with van der Waals surface area (Å²) >= 11 is 0. The van der Waals surface area contributed by atoms with Crippen molar-refractivity contribution in [2.45, 2.75) is 26.8 Å². The molecular formula is C22H25N3O4. The van der Waals surface area contributed by atoms with E-state index in [2.05, 4.69) is 10.4 Å². The molecule has 7 nitrogen and oxygen atoms in total. The molecule has 0 aliphatic heterocycles. The van der Waals surface area contributed by atoms with Crippen molar-refractivity contribution in [2.24, 2.45) is 0 Å². The summed E-state index contributed by atoms with van der Waals surface area (Å²) in [5, 5.41) is 7.53. The van der Waals surface area contributed by atoms with E-state index in [-0.39, 0.29) is 17.9 Å². The van der Waals surface area contributed by atoms with E-state index in [0.717, 1.165) is 11.3 Å². The number of carbonyl (C=O) groups is 1. The number of hydrogen-bond acceptors (Lipinski definition) is 5. The molecule has 0 saturated carbocycles. The zero-order chi connectivity index (χ0) is 20.6. The zero-order valence-electron chi connectivity index (χ0n) is 16.7. The highest BCUT2D eigenvalue weighted by molar-refractivity contribution is 5.81. The number of fused-ring (bicyclic) bond motifs is 1. The van der Waals surface area contributed by atoms with Crippen molar-refractivity contribution in [1.82, 2.24) is 15.1 Å². The van der Waals surface area contributed by atoms with Crippen molar-refractivity contribution in [3.8, 4) is 11.5 Å². The molecule has 0 aliphatic rings. The van der Waals surface area contributed by atoms with E-state index in [1.807, 2.05) is 38.1 Å². The zero-order valence-corrected chi connectivity index (χ0v) is 16.7. The molecule has 2 aromatic carbocycles. The number of carbonyl (C=O) groups excluding carboxylic acids is 1. The van der Waals surface area contributed by atoms with Crippen LogP contribution in [-0.4, -0.2) is 35.4 Å². The van der Waals surface area contributed by atoms with Crippen LogP contribution in [0.4, 0.5) is 0 Å². The van der Waals surface area contributed by atoms with E-state index in [1.54, 1.807) is 18.2 Å². The van der Waals surface area contributed by atoms with E-state index >= 15 is 0 Å². The van der Waals surface area contributed by atoms with Crippen LogP contribution in [0.3, 0.4) is 0 Å². The molecule has 3 rings (SSSR count). The summed E-state index contributed by atoms with van der Waals surface area (Å²) < 4.78 is 12.7. The first kappa shape index (κ1) is 20.4. The van der Waals surface area contributed by atoms with Crippen LogP contribution in [0.2, 0.25) is 0 Å². The van der Waals surface area contributed by atoms with E-state index < -0.39 is 0 Å². The maximum absolute atomic E-state index is 12.3. The molecule has 1 aromatic heterocycles. The predicted molar refractivity (Wildman–Crippen MR) is 111 cm³/mol. The Bertz CT molecular complexity index is 1050. The number of benzene rings is 2. The largest absolute Gasteiger partial charge is 0.490 e. The highest BCUT2D eigenvalue weighted by atomic mass is 16.5. The summed E-state index contributed by atoms with van der Waals surface area (Å²) in [6.45, 7) is 5.52. The third-order valence-electron chi connectivity index (χ3n) is 4.40. The number of rotatable bonds is 9. The lowest BCUT2D eigenvalue weighted by atomic mass is 10.1. The number of hydrogen-bond donors (Lipinski definition) is 1. The number of aromatic nitrogens is 2. The van der Waals surface area contributed by atoms with Crippen LogP contribution >= 0.6 is 0 Å². The number of ether oxygens (including phenoxy) is 2. The molecule has 0 radical (unpaired) electrons. The maximum atomic E-state index is 12.3. The summed E-state index contributed by atoms with van der Waals surface area (Å²) in [7, 11) is 0. The summed E-state index contributed by atoms with van der Waals surface area (Å²) in [4.78, 5) is 24.2. The van der Waals surface area contributed by atoms with Crippen molar-refractivity contribution >= 4 is 16.8 Å². The van der Waals surface area contributed by atoms with Gasteiger partial charge in [-0.1, -0.05) is 18.2 Å². The van der Waals surface area contributed by atoms with Gasteiger partial charge in [0.2, 0.25) is 11.3 Å². The van der Waals surface area contributed by atoms with Crippen molar-refractivity contribution < 1.29 is 14.3 Å². The van der Waals surface area contributed by atoms with Crippen LogP contribution in [0.1, 0.15) is 19.4 Å². The molecule has 152 valence electrons. The molecule has 29 heavy (non-hydrogen) atoms. The minimum Gasteiger partial charge on any atom is -0.490 e. The fourth-order valence-corrected chi connectivity index (χ4v) is 3.08. The van der Waals surface area contributed by atoms with Crippen molar-refractivity contribution in [3.05, 3.63) is 64.4 Å². The van der Waals surface area contributed by atoms with Crippen LogP contribution in [0.5, 0.6) is 11.5 Å². The van der Waals surface area contributed by atoms with Crippen LogP contribution in [0.15, 0.2) is 53.5 Å². The Hall–Kier alpha value is -3.35. The Kier molecular flexibility index (Phi) is 6.84. The molecule has 3 aromatic rings. The van der Waals surface area contributed by atoms with Gasteiger partial charge in [0.15, 0.2) is 11.5 Å². The molecule has 0 saturated heterocycles. The van der Waals surface area contributed by atoms with Gasteiger partial charge in [-0.05, 0) is 50.1 Å². The molecule has 0 unspecified atom stereocenters. The van der Waals surface area contributed by atoms with Crippen LogP contribution in [0, 0.1) is 0 Å². The average Bonchev–Trinajstić information content (AvgIpc) is 2.72. The molecule has 0 spiro atoms. The Morgan fingerprint density at radius 3 is 2.62 bits per heavy atom. The lowest BCUT2D eigenvalue weighted by Gasteiger charge is -2.13. The van der Waals surface area contributed by atoms with E-state index in [1.165, 1.54) is 10.9 Å². The van der Waals surface area contributed by atoms with Crippen molar-refractivity contribution in [1.29, 1.82) is 0 Å². The molecule has 1 heterocycles. The molecule has 1 amide bonds. The molecule has 0 atom stereocenters. The van der Waals surface area contributed by atoms with Gasteiger partial charge in [-0.3, -0.25) is 14.3 Å². The fourth-order valence-electron chi connectivity index (χ4n) is 3.08. The SMILES string of the molecule is CCOc1ccc(CCNC(=O)Cn2ncc(=O)c3ccccc32)cc1OCC. The second-order valence-corrected chi connectivity index (χ2v) is 6.43. The van der Waals surface area contributed by atoms with Crippen LogP contribution in [-0.2, 0) is 17.8 Å². The van der Waals surface area contributed by atoms with Crippen LogP contribution < -0.4 is 20.2 Å². The van der Waals surface area contributed by atoms with Gasteiger partial charge in [0.05, 0.1) is 24.9 Å². The van der Waals surface area contributed by atoms with Gasteiger partial charge >= 0.3 is 0 Å². The topological polar surface area (TPSA) is 82.5 Å². The van der Waals surface area contributed by atoms with Crippen molar-refractivity contribution in [3.63, 3.8) is 0 Å². The second kappa shape index (κ2) is 9.73. The number of nitrogens with one attached hydrogen (secondary N) is 1. The summed E-state index contributed by atoms with van der Waals surface area (Å²) in [6, 6.07) is 12.9. The fraction of sp³-hybridized carbons (Fsp3) is 0.318. The highest BCUT2D eigenvalue weighted by Crippen LogP contribution is 2.28. The molecule has 0 aliphatic carbocycles. The average molecular weight is 395 g/mol. The van der Waals surface area contributed by atoms with Gasteiger partial charge in [-0.25, -0.2) is 0 Å². The Morgan fingerprint density at radius 1 is 1.07 bits per heavy atom. The van der Waals surface area contributed by atoms with E-state index in [9.17, 15) is 9.59 Å². The third-order valence-corrected chi connectivity index (χ3v) is 4.40. The normalized spacial score (nSPS) is 10.7. The number of amides is 1. The molecule has 0 fully saturated rings. The molecule has 0 bridgehead atoms. The molecule has 1 N–H and O–H groups in total. The Morgan fingerprint density at radius 2 is 1.83 bits per heavy atom. The quantitative estimate of drug-likeness (QED) is 0.602. The van der Waals surface area contributed by atoms with Gasteiger partial charge in [-0.2, -0.15) is 5.10 Å². The van der Waals surface area contributed by atoms with E-state index in [4.69, 9.17) is 9.47 Å². The predicted octanol–water partition coefficient (Wildman–Crippen LogP) is 2.55. The minimum absolute atomic E-state index is 0.0499. The maximum Gasteiger partial charge on any atom is 0.241 e. The summed E-state index contributed by atoms with van der Waals surface area (Å²) in [6.07, 6.45) is 1.90. The smallest absolute Gasteiger partial charge is 0.241 e. The van der Waals surface area contributed by atoms with Gasteiger partial charge in [-0.15, -0.1) is 0 Å². The first-order chi connectivity index (χ1) is 14.1. The van der Waals surface area contributed by atoms with Gasteiger partial charge in [0, 0.05) is 11.9 Å². The third kappa shape index (κ3) is 5.13. The van der Waals surface area contributed by atoms with Gasteiger partial charge in [0.25, 0.3) is 0 Å². The van der Waals surface area contributed by atoms with Gasteiger partial charge in [0.1, 0.15) is 6.54 Å². The lowest BCUT2D eigenvalue weighted by molar-refractivity contribution is -0.121. The Labute approximate surface area is 169 Å². The molecular weight excluding hydrogens is 370 g/mol. The monoisotopic (exact) mass is 395 g/mol. The first-order valence-corrected chi connectivity index (χ1v) is 9.72. The Balaban J connectivity index is 1.60. The van der Waals surface area contributed by atoms with E-state index in [0.29, 0.717) is 42.8 Å². The van der Waals surface area contributed by atoms with Gasteiger partial charge < -0.3 is 14.8 Å². The highest BCUT2D eigenvalue weighted by Gasteiger charge is 2.09. The van der Waals surface area contributed by atoms with Crippen molar-refractivity contribution in [2.75, 3.05) is 19.8 Å². The minimum atomic E-state index is -0.165. The summed E-state index contributed by atoms with van der Waals surface area (Å²) in [5.41, 5.74) is 1.53. The number of para-hydroxylation sites is 1. The van der Waals surface area contributed by atoms with Crippen LogP contribution in [0.25, 0.3) is 10.9 Å². The first-order valence-electron chi connectivity index (χ1n) is 9.72. The lowest BCUT2D eigenvalue weighted by Crippen LogP contribution is -2.30. The summed E-state index contributed by atoms with van der Waals surface area (Å²) in [5.74, 6) is 1.27. The standard InChI is InChI=1S/C22H25N3O4/c1-3-28-20-10-9-16(13-21(20)29-4-2)11-12-23-22(27)15-25-18-8-6-5-7-17(18)19(26)14-24-25/h5-10,13-14H,3-4,11-12,15H2,1-2H3,(H,23,27). The second-order valence-electron chi connectivity index (χ2n) is 6.43.